The van der Waals surface area contributed by atoms with Crippen molar-refractivity contribution in [2.45, 2.75) is 6.54 Å². The van der Waals surface area contributed by atoms with Crippen LogP contribution >= 0.6 is 23.2 Å². The van der Waals surface area contributed by atoms with Gasteiger partial charge in [-0.15, -0.1) is 0 Å². The topological polar surface area (TPSA) is 46.3 Å². The molecule has 2 aromatic carbocycles. The first-order chi connectivity index (χ1) is 9.88. The highest BCUT2D eigenvalue weighted by molar-refractivity contribution is 6.34. The molecule has 0 saturated carbocycles. The van der Waals surface area contributed by atoms with E-state index in [0.717, 1.165) is 5.56 Å². The minimum absolute atomic E-state index is 0.130. The lowest BCUT2D eigenvalue weighted by Gasteiger charge is -2.18. The standard InChI is InChI=1S/C15H13Cl2FN2O/c1-20(8-9-5-10(16)7-11(17)6-9)15(21)12-3-2-4-13(18)14(12)19/h2-7H,8,19H2,1H3. The Labute approximate surface area is 132 Å². The van der Waals surface area contributed by atoms with E-state index >= 15 is 0 Å². The van der Waals surface area contributed by atoms with Gasteiger partial charge in [0.15, 0.2) is 0 Å². The van der Waals surface area contributed by atoms with Crippen LogP contribution in [0, 0.1) is 5.82 Å². The Hall–Kier alpha value is -1.78. The van der Waals surface area contributed by atoms with Crippen molar-refractivity contribution in [3.63, 3.8) is 0 Å². The Balaban J connectivity index is 2.21. The number of amides is 1. The highest BCUT2D eigenvalue weighted by atomic mass is 35.5. The first-order valence-electron chi connectivity index (χ1n) is 6.13. The van der Waals surface area contributed by atoms with Crippen molar-refractivity contribution in [1.29, 1.82) is 0 Å². The monoisotopic (exact) mass is 326 g/mol. The van der Waals surface area contributed by atoms with Crippen molar-refractivity contribution >= 4 is 34.8 Å². The number of hydrogen-bond acceptors (Lipinski definition) is 2. The summed E-state index contributed by atoms with van der Waals surface area (Å²) in [7, 11) is 1.60. The average Bonchev–Trinajstić information content (AvgIpc) is 2.40. The number of rotatable bonds is 3. The minimum atomic E-state index is -0.611. The third-order valence-corrected chi connectivity index (χ3v) is 3.41. The maximum Gasteiger partial charge on any atom is 0.256 e. The van der Waals surface area contributed by atoms with E-state index in [2.05, 4.69) is 0 Å². The van der Waals surface area contributed by atoms with E-state index in [0.29, 0.717) is 10.0 Å². The number of benzene rings is 2. The summed E-state index contributed by atoms with van der Waals surface area (Å²) in [6, 6.07) is 9.19. The summed E-state index contributed by atoms with van der Waals surface area (Å²) in [6.45, 7) is 0.287. The number of anilines is 1. The molecule has 0 radical (unpaired) electrons. The first-order valence-corrected chi connectivity index (χ1v) is 6.88. The Kier molecular flexibility index (Phi) is 4.70. The molecule has 0 unspecified atom stereocenters. The van der Waals surface area contributed by atoms with Gasteiger partial charge in [-0.3, -0.25) is 4.79 Å². The van der Waals surface area contributed by atoms with Gasteiger partial charge in [0.05, 0.1) is 11.3 Å². The van der Waals surface area contributed by atoms with Crippen molar-refractivity contribution in [3.8, 4) is 0 Å². The molecule has 6 heteroatoms. The van der Waals surface area contributed by atoms with Gasteiger partial charge in [0.2, 0.25) is 0 Å². The number of nitrogens with two attached hydrogens (primary N) is 1. The Morgan fingerprint density at radius 3 is 2.48 bits per heavy atom. The number of para-hydroxylation sites is 1. The van der Waals surface area contributed by atoms with Crippen LogP contribution in [-0.2, 0) is 6.54 Å². The zero-order chi connectivity index (χ0) is 15.6. The van der Waals surface area contributed by atoms with Gasteiger partial charge in [-0.05, 0) is 35.9 Å². The predicted octanol–water partition coefficient (Wildman–Crippen LogP) is 3.99. The first kappa shape index (κ1) is 15.6. The second-order valence-corrected chi connectivity index (χ2v) is 5.51. The molecule has 0 aliphatic carbocycles. The highest BCUT2D eigenvalue weighted by Gasteiger charge is 2.17. The minimum Gasteiger partial charge on any atom is -0.396 e. The molecule has 2 N–H and O–H groups in total. The van der Waals surface area contributed by atoms with Gasteiger partial charge in [0.1, 0.15) is 5.82 Å². The Bertz CT molecular complexity index is 671. The van der Waals surface area contributed by atoms with Crippen LogP contribution in [0.1, 0.15) is 15.9 Å². The molecule has 0 saturated heterocycles. The molecular weight excluding hydrogens is 314 g/mol. The van der Waals surface area contributed by atoms with E-state index in [-0.39, 0.29) is 23.7 Å². The molecule has 0 aliphatic heterocycles. The maximum atomic E-state index is 13.4. The normalized spacial score (nSPS) is 10.5. The van der Waals surface area contributed by atoms with Crippen molar-refractivity contribution in [3.05, 3.63) is 63.4 Å². The van der Waals surface area contributed by atoms with Crippen LogP contribution in [0.2, 0.25) is 10.0 Å². The highest BCUT2D eigenvalue weighted by Crippen LogP contribution is 2.22. The molecule has 0 atom stereocenters. The molecule has 2 aromatic rings. The van der Waals surface area contributed by atoms with E-state index < -0.39 is 5.82 Å². The number of halogens is 3. The molecule has 0 aliphatic rings. The number of nitrogen functional groups attached to an aromatic ring is 1. The molecule has 2 rings (SSSR count). The fourth-order valence-electron chi connectivity index (χ4n) is 1.98. The van der Waals surface area contributed by atoms with Crippen molar-refractivity contribution in [2.24, 2.45) is 0 Å². The summed E-state index contributed by atoms with van der Waals surface area (Å²) in [4.78, 5) is 13.7. The fourth-order valence-corrected chi connectivity index (χ4v) is 2.55. The van der Waals surface area contributed by atoms with Crippen LogP contribution in [0.4, 0.5) is 10.1 Å². The summed E-state index contributed by atoms with van der Waals surface area (Å²) in [5.74, 6) is -0.983. The van der Waals surface area contributed by atoms with Gasteiger partial charge in [-0.25, -0.2) is 4.39 Å². The molecular formula is C15H13Cl2FN2O. The molecule has 0 fully saturated rings. The molecule has 21 heavy (non-hydrogen) atoms. The van der Waals surface area contributed by atoms with Crippen molar-refractivity contribution < 1.29 is 9.18 Å². The van der Waals surface area contributed by atoms with Crippen LogP contribution in [0.15, 0.2) is 36.4 Å². The zero-order valence-corrected chi connectivity index (χ0v) is 12.7. The van der Waals surface area contributed by atoms with E-state index in [1.165, 1.54) is 23.1 Å². The molecule has 0 bridgehead atoms. The van der Waals surface area contributed by atoms with Crippen LogP contribution in [-0.4, -0.2) is 17.9 Å². The summed E-state index contributed by atoms with van der Waals surface area (Å²) < 4.78 is 13.4. The van der Waals surface area contributed by atoms with Gasteiger partial charge < -0.3 is 10.6 Å². The van der Waals surface area contributed by atoms with Gasteiger partial charge in [0, 0.05) is 23.6 Å². The van der Waals surface area contributed by atoms with E-state index in [4.69, 9.17) is 28.9 Å². The van der Waals surface area contributed by atoms with E-state index in [1.807, 2.05) is 0 Å². The van der Waals surface area contributed by atoms with E-state index in [1.54, 1.807) is 25.2 Å². The summed E-state index contributed by atoms with van der Waals surface area (Å²) in [6.07, 6.45) is 0. The summed E-state index contributed by atoms with van der Waals surface area (Å²) in [5.41, 5.74) is 6.35. The van der Waals surface area contributed by atoms with E-state index in [9.17, 15) is 9.18 Å². The Morgan fingerprint density at radius 2 is 1.86 bits per heavy atom. The second-order valence-electron chi connectivity index (χ2n) is 4.64. The third-order valence-electron chi connectivity index (χ3n) is 2.97. The SMILES string of the molecule is CN(Cc1cc(Cl)cc(Cl)c1)C(=O)c1cccc(F)c1N. The maximum absolute atomic E-state index is 13.4. The van der Waals surface area contributed by atoms with Gasteiger partial charge in [-0.2, -0.15) is 0 Å². The predicted molar refractivity (Wildman–Crippen MR) is 83.1 cm³/mol. The fraction of sp³-hybridized carbons (Fsp3) is 0.133. The molecule has 3 nitrogen and oxygen atoms in total. The van der Waals surface area contributed by atoms with Crippen LogP contribution in [0.5, 0.6) is 0 Å². The average molecular weight is 327 g/mol. The number of hydrogen-bond donors (Lipinski definition) is 1. The lowest BCUT2D eigenvalue weighted by Crippen LogP contribution is -2.27. The smallest absolute Gasteiger partial charge is 0.256 e. The number of nitrogens with zero attached hydrogens (tertiary/aromatic N) is 1. The molecule has 0 heterocycles. The lowest BCUT2D eigenvalue weighted by molar-refractivity contribution is 0.0785. The second kappa shape index (κ2) is 6.33. The summed E-state index contributed by atoms with van der Waals surface area (Å²) >= 11 is 11.8. The van der Waals surface area contributed by atoms with Crippen LogP contribution in [0.25, 0.3) is 0 Å². The largest absolute Gasteiger partial charge is 0.396 e. The quantitative estimate of drug-likeness (QED) is 0.867. The Morgan fingerprint density at radius 1 is 1.24 bits per heavy atom. The number of carbonyl (C=O) groups excluding carboxylic acids is 1. The van der Waals surface area contributed by atoms with Crippen LogP contribution in [0.3, 0.4) is 0 Å². The van der Waals surface area contributed by atoms with Crippen molar-refractivity contribution in [1.82, 2.24) is 4.90 Å². The number of carbonyl (C=O) groups is 1. The molecule has 1 amide bonds. The van der Waals surface area contributed by atoms with Gasteiger partial charge in [-0.1, -0.05) is 29.3 Å². The molecule has 110 valence electrons. The lowest BCUT2D eigenvalue weighted by atomic mass is 10.1. The summed E-state index contributed by atoms with van der Waals surface area (Å²) in [5, 5.41) is 0.979. The molecule has 0 spiro atoms. The third kappa shape index (κ3) is 3.65. The van der Waals surface area contributed by atoms with Gasteiger partial charge >= 0.3 is 0 Å². The molecule has 0 aromatic heterocycles. The van der Waals surface area contributed by atoms with Crippen LogP contribution < -0.4 is 5.73 Å². The van der Waals surface area contributed by atoms with Gasteiger partial charge in [0.25, 0.3) is 5.91 Å². The zero-order valence-electron chi connectivity index (χ0n) is 11.2. The van der Waals surface area contributed by atoms with Crippen molar-refractivity contribution in [2.75, 3.05) is 12.8 Å².